The molecule has 10 heteroatoms. The molecule has 0 saturated carbocycles. The van der Waals surface area contributed by atoms with Gasteiger partial charge in [0.15, 0.2) is 11.7 Å². The van der Waals surface area contributed by atoms with Gasteiger partial charge in [0, 0.05) is 12.2 Å². The molecule has 2 heterocycles. The van der Waals surface area contributed by atoms with Crippen molar-refractivity contribution in [1.29, 1.82) is 0 Å². The van der Waals surface area contributed by atoms with Gasteiger partial charge in [0.1, 0.15) is 17.3 Å². The summed E-state index contributed by atoms with van der Waals surface area (Å²) < 4.78 is 55.1. The van der Waals surface area contributed by atoms with Crippen LogP contribution >= 0.6 is 11.6 Å². The maximum Gasteiger partial charge on any atom is 0.573 e. The summed E-state index contributed by atoms with van der Waals surface area (Å²) in [5, 5.41) is 2.76. The van der Waals surface area contributed by atoms with Gasteiger partial charge in [0.2, 0.25) is 0 Å². The summed E-state index contributed by atoms with van der Waals surface area (Å²) in [4.78, 5) is 10.4. The maximum absolute atomic E-state index is 14.2. The fourth-order valence-electron chi connectivity index (χ4n) is 2.91. The number of nitrogens with one attached hydrogen (secondary N) is 1. The molecule has 0 amide bonds. The molecule has 140 valence electrons. The normalized spacial score (nSPS) is 15.7. The SMILES string of the molecule is Fc1cccc2c1N1CCN=C1C(Nc1ccc(OC(F)(F)F)c(Cl)c1)=N2. The van der Waals surface area contributed by atoms with Crippen LogP contribution in [0.4, 0.5) is 34.6 Å². The highest BCUT2D eigenvalue weighted by atomic mass is 35.5. The number of para-hydroxylation sites is 1. The molecule has 0 aliphatic carbocycles. The van der Waals surface area contributed by atoms with Gasteiger partial charge in [-0.15, -0.1) is 13.2 Å². The minimum atomic E-state index is -4.83. The van der Waals surface area contributed by atoms with Gasteiger partial charge in [0.05, 0.1) is 17.3 Å². The van der Waals surface area contributed by atoms with Crippen molar-refractivity contribution in [2.45, 2.75) is 6.36 Å². The summed E-state index contributed by atoms with van der Waals surface area (Å²) >= 11 is 5.87. The third-order valence-electron chi connectivity index (χ3n) is 3.94. The van der Waals surface area contributed by atoms with E-state index in [-0.39, 0.29) is 5.02 Å². The molecule has 0 radical (unpaired) electrons. The third kappa shape index (κ3) is 3.42. The van der Waals surface area contributed by atoms with Crippen LogP contribution in [0.15, 0.2) is 46.4 Å². The van der Waals surface area contributed by atoms with Crippen LogP contribution in [-0.4, -0.2) is 31.1 Å². The van der Waals surface area contributed by atoms with E-state index in [0.717, 1.165) is 6.07 Å². The predicted molar refractivity (Wildman–Crippen MR) is 94.9 cm³/mol. The number of halogens is 5. The van der Waals surface area contributed by atoms with Crippen LogP contribution in [0.25, 0.3) is 0 Å². The van der Waals surface area contributed by atoms with Gasteiger partial charge in [-0.3, -0.25) is 4.99 Å². The van der Waals surface area contributed by atoms with E-state index in [4.69, 9.17) is 11.6 Å². The molecule has 4 rings (SSSR count). The summed E-state index contributed by atoms with van der Waals surface area (Å²) in [5.41, 5.74) is 1.18. The van der Waals surface area contributed by atoms with Crippen molar-refractivity contribution >= 4 is 40.3 Å². The molecule has 0 bridgehead atoms. The van der Waals surface area contributed by atoms with E-state index in [9.17, 15) is 17.6 Å². The molecule has 2 aromatic rings. The molecule has 0 aromatic heterocycles. The van der Waals surface area contributed by atoms with Gasteiger partial charge in [-0.25, -0.2) is 9.38 Å². The lowest BCUT2D eigenvalue weighted by atomic mass is 10.2. The average Bonchev–Trinajstić information content (AvgIpc) is 3.06. The smallest absolute Gasteiger partial charge is 0.404 e. The topological polar surface area (TPSA) is 49.2 Å². The van der Waals surface area contributed by atoms with Gasteiger partial charge in [0.25, 0.3) is 0 Å². The van der Waals surface area contributed by atoms with Crippen molar-refractivity contribution in [1.82, 2.24) is 0 Å². The molecular weight excluding hydrogens is 388 g/mol. The van der Waals surface area contributed by atoms with E-state index >= 15 is 0 Å². The summed E-state index contributed by atoms with van der Waals surface area (Å²) in [6.45, 7) is 0.978. The summed E-state index contributed by atoms with van der Waals surface area (Å²) in [7, 11) is 0. The third-order valence-corrected chi connectivity index (χ3v) is 4.24. The largest absolute Gasteiger partial charge is 0.573 e. The highest BCUT2D eigenvalue weighted by Crippen LogP contribution is 2.37. The molecule has 2 aliphatic heterocycles. The monoisotopic (exact) mass is 398 g/mol. The minimum Gasteiger partial charge on any atom is -0.404 e. The lowest BCUT2D eigenvalue weighted by Crippen LogP contribution is -2.40. The van der Waals surface area contributed by atoms with Crippen LogP contribution in [0.5, 0.6) is 5.75 Å². The molecule has 0 unspecified atom stereocenters. The Morgan fingerprint density at radius 3 is 2.74 bits per heavy atom. The molecule has 0 saturated heterocycles. The van der Waals surface area contributed by atoms with E-state index in [0.29, 0.717) is 41.8 Å². The van der Waals surface area contributed by atoms with Crippen molar-refractivity contribution in [3.8, 4) is 5.75 Å². The van der Waals surface area contributed by atoms with E-state index in [2.05, 4.69) is 20.0 Å². The van der Waals surface area contributed by atoms with E-state index in [1.165, 1.54) is 18.2 Å². The van der Waals surface area contributed by atoms with E-state index in [1.807, 2.05) is 0 Å². The first-order valence-electron chi connectivity index (χ1n) is 7.84. The number of rotatable bonds is 2. The van der Waals surface area contributed by atoms with Crippen molar-refractivity contribution in [2.24, 2.45) is 9.98 Å². The minimum absolute atomic E-state index is 0.217. The Bertz CT molecular complexity index is 974. The average molecular weight is 399 g/mol. The maximum atomic E-state index is 14.2. The Kier molecular flexibility index (Phi) is 4.18. The number of benzene rings is 2. The zero-order chi connectivity index (χ0) is 19.2. The number of nitrogens with zero attached hydrogens (tertiary/aromatic N) is 3. The second-order valence-corrected chi connectivity index (χ2v) is 6.15. The van der Waals surface area contributed by atoms with Gasteiger partial charge in [-0.05, 0) is 30.3 Å². The first kappa shape index (κ1) is 17.6. The zero-order valence-electron chi connectivity index (χ0n) is 13.5. The molecule has 5 nitrogen and oxygen atoms in total. The quantitative estimate of drug-likeness (QED) is 0.742. The van der Waals surface area contributed by atoms with Crippen LogP contribution in [-0.2, 0) is 0 Å². The van der Waals surface area contributed by atoms with Gasteiger partial charge in [-0.2, -0.15) is 0 Å². The summed E-state index contributed by atoms with van der Waals surface area (Å²) in [6, 6.07) is 8.32. The van der Waals surface area contributed by atoms with Crippen LogP contribution in [0.1, 0.15) is 0 Å². The number of ether oxygens (including phenoxy) is 1. The first-order chi connectivity index (χ1) is 12.8. The molecule has 2 aromatic carbocycles. The Hall–Kier alpha value is -2.81. The number of aliphatic imine (C=N–C) groups is 2. The zero-order valence-corrected chi connectivity index (χ0v) is 14.3. The number of anilines is 2. The number of fused-ring (bicyclic) bond motifs is 3. The highest BCUT2D eigenvalue weighted by molar-refractivity contribution is 6.51. The fraction of sp³-hybridized carbons (Fsp3) is 0.176. The number of amidine groups is 2. The standard InChI is InChI=1S/C17H11ClF4N4O/c18-10-8-9(4-5-13(10)27-17(20,21)22)24-15-16-23-6-7-26(16)14-11(19)2-1-3-12(14)25-15/h1-5,8H,6-7H2,(H,24,25). The van der Waals surface area contributed by atoms with Crippen molar-refractivity contribution in [2.75, 3.05) is 23.3 Å². The van der Waals surface area contributed by atoms with Gasteiger partial charge in [-0.1, -0.05) is 17.7 Å². The second-order valence-electron chi connectivity index (χ2n) is 5.74. The molecule has 0 atom stereocenters. The Morgan fingerprint density at radius 1 is 1.19 bits per heavy atom. The number of hydrogen-bond acceptors (Lipinski definition) is 5. The molecule has 0 fully saturated rings. The van der Waals surface area contributed by atoms with Gasteiger partial charge < -0.3 is 15.0 Å². The lowest BCUT2D eigenvalue weighted by Gasteiger charge is -2.28. The Labute approximate surface area is 155 Å². The Balaban J connectivity index is 1.65. The molecule has 2 aliphatic rings. The van der Waals surface area contributed by atoms with Crippen LogP contribution in [0.2, 0.25) is 5.02 Å². The van der Waals surface area contributed by atoms with Crippen LogP contribution in [0, 0.1) is 5.82 Å². The molecule has 0 spiro atoms. The predicted octanol–water partition coefficient (Wildman–Crippen LogP) is 4.75. The van der Waals surface area contributed by atoms with E-state index in [1.54, 1.807) is 17.0 Å². The highest BCUT2D eigenvalue weighted by Gasteiger charge is 2.33. The van der Waals surface area contributed by atoms with Gasteiger partial charge >= 0.3 is 6.36 Å². The Morgan fingerprint density at radius 2 is 2.00 bits per heavy atom. The van der Waals surface area contributed by atoms with Crippen molar-refractivity contribution < 1.29 is 22.3 Å². The number of alkyl halides is 3. The molecule has 27 heavy (non-hydrogen) atoms. The van der Waals surface area contributed by atoms with Crippen LogP contribution < -0.4 is 15.0 Å². The van der Waals surface area contributed by atoms with Crippen molar-refractivity contribution in [3.05, 3.63) is 47.2 Å². The fourth-order valence-corrected chi connectivity index (χ4v) is 3.13. The van der Waals surface area contributed by atoms with E-state index < -0.39 is 17.9 Å². The lowest BCUT2D eigenvalue weighted by molar-refractivity contribution is -0.274. The van der Waals surface area contributed by atoms with Crippen molar-refractivity contribution in [3.63, 3.8) is 0 Å². The first-order valence-corrected chi connectivity index (χ1v) is 8.21. The summed E-state index contributed by atoms with van der Waals surface area (Å²) in [6.07, 6.45) is -4.83. The summed E-state index contributed by atoms with van der Waals surface area (Å²) in [5.74, 6) is -0.0976. The number of hydrogen-bond donors (Lipinski definition) is 1. The van der Waals surface area contributed by atoms with Crippen LogP contribution in [0.3, 0.4) is 0 Å². The molecular formula is C17H11ClF4N4O. The second kappa shape index (κ2) is 6.41. The molecule has 1 N–H and O–H groups in total.